The lowest BCUT2D eigenvalue weighted by atomic mass is 10.2. The fourth-order valence-corrected chi connectivity index (χ4v) is 1.97. The van der Waals surface area contributed by atoms with E-state index in [0.717, 1.165) is 12.5 Å². The minimum Gasteiger partial charge on any atom is -0.373 e. The van der Waals surface area contributed by atoms with Gasteiger partial charge in [0, 0.05) is 19.2 Å². The van der Waals surface area contributed by atoms with Gasteiger partial charge in [-0.1, -0.05) is 18.5 Å². The Labute approximate surface area is 106 Å². The number of anilines is 1. The Morgan fingerprint density at radius 2 is 2.29 bits per heavy atom. The standard InChI is InChI=1S/C12H16ClN3O/c1-7-3-9(7)6-15-12(17)8-4-10(13)16-11(5-8)14-2/h4-5,7,9H,3,6H2,1-2H3,(H,14,16)(H,15,17). The van der Waals surface area contributed by atoms with Gasteiger partial charge in [-0.15, -0.1) is 0 Å². The normalized spacial score (nSPS) is 22.1. The molecular weight excluding hydrogens is 238 g/mol. The van der Waals surface area contributed by atoms with Crippen molar-refractivity contribution >= 4 is 23.3 Å². The molecule has 2 rings (SSSR count). The van der Waals surface area contributed by atoms with E-state index in [1.165, 1.54) is 6.42 Å². The maximum atomic E-state index is 11.9. The molecule has 92 valence electrons. The molecule has 1 heterocycles. The highest BCUT2D eigenvalue weighted by Crippen LogP contribution is 2.36. The van der Waals surface area contributed by atoms with E-state index in [1.807, 2.05) is 0 Å². The van der Waals surface area contributed by atoms with Crippen molar-refractivity contribution in [3.05, 3.63) is 22.8 Å². The van der Waals surface area contributed by atoms with Crippen LogP contribution in [0.25, 0.3) is 0 Å². The molecule has 0 spiro atoms. The summed E-state index contributed by atoms with van der Waals surface area (Å²) in [7, 11) is 1.74. The number of rotatable bonds is 4. The maximum absolute atomic E-state index is 11.9. The van der Waals surface area contributed by atoms with Crippen molar-refractivity contribution in [2.45, 2.75) is 13.3 Å². The quantitative estimate of drug-likeness (QED) is 0.809. The van der Waals surface area contributed by atoms with Crippen LogP contribution >= 0.6 is 11.6 Å². The summed E-state index contributed by atoms with van der Waals surface area (Å²) in [5.74, 6) is 1.89. The summed E-state index contributed by atoms with van der Waals surface area (Å²) in [6.07, 6.45) is 1.21. The topological polar surface area (TPSA) is 54.0 Å². The number of hydrogen-bond acceptors (Lipinski definition) is 3. The van der Waals surface area contributed by atoms with E-state index in [1.54, 1.807) is 19.2 Å². The zero-order valence-electron chi connectivity index (χ0n) is 9.96. The molecule has 2 unspecified atom stereocenters. The zero-order chi connectivity index (χ0) is 12.4. The highest BCUT2D eigenvalue weighted by atomic mass is 35.5. The first kappa shape index (κ1) is 12.2. The summed E-state index contributed by atoms with van der Waals surface area (Å²) in [6.45, 7) is 2.94. The molecule has 0 bridgehead atoms. The average molecular weight is 254 g/mol. The number of halogens is 1. The molecule has 1 aromatic heterocycles. The van der Waals surface area contributed by atoms with Gasteiger partial charge in [0.2, 0.25) is 0 Å². The molecule has 17 heavy (non-hydrogen) atoms. The van der Waals surface area contributed by atoms with Crippen LogP contribution in [0.1, 0.15) is 23.7 Å². The van der Waals surface area contributed by atoms with Crippen LogP contribution in [0.2, 0.25) is 5.15 Å². The van der Waals surface area contributed by atoms with E-state index >= 15 is 0 Å². The summed E-state index contributed by atoms with van der Waals surface area (Å²) >= 11 is 5.84. The van der Waals surface area contributed by atoms with Gasteiger partial charge in [0.15, 0.2) is 0 Å². The van der Waals surface area contributed by atoms with E-state index in [2.05, 4.69) is 22.5 Å². The number of carbonyl (C=O) groups excluding carboxylic acids is 1. The van der Waals surface area contributed by atoms with Gasteiger partial charge in [0.05, 0.1) is 0 Å². The Morgan fingerprint density at radius 3 is 2.88 bits per heavy atom. The predicted octanol–water partition coefficient (Wildman–Crippen LogP) is 2.16. The molecule has 2 N–H and O–H groups in total. The van der Waals surface area contributed by atoms with Crippen LogP contribution in [0.3, 0.4) is 0 Å². The van der Waals surface area contributed by atoms with Crippen LogP contribution < -0.4 is 10.6 Å². The summed E-state index contributed by atoms with van der Waals surface area (Å²) in [5, 5.41) is 6.11. The first-order valence-electron chi connectivity index (χ1n) is 5.73. The minimum atomic E-state index is -0.0927. The molecule has 2 atom stereocenters. The lowest BCUT2D eigenvalue weighted by Crippen LogP contribution is -2.26. The molecule has 0 saturated heterocycles. The van der Waals surface area contributed by atoms with Crippen LogP contribution in [-0.2, 0) is 0 Å². The number of hydrogen-bond donors (Lipinski definition) is 2. The monoisotopic (exact) mass is 253 g/mol. The number of carbonyl (C=O) groups is 1. The van der Waals surface area contributed by atoms with E-state index in [0.29, 0.717) is 22.5 Å². The zero-order valence-corrected chi connectivity index (χ0v) is 10.7. The Hall–Kier alpha value is -1.29. The van der Waals surface area contributed by atoms with Crippen molar-refractivity contribution in [1.29, 1.82) is 0 Å². The predicted molar refractivity (Wildman–Crippen MR) is 68.4 cm³/mol. The summed E-state index contributed by atoms with van der Waals surface area (Å²) in [6, 6.07) is 3.27. The SMILES string of the molecule is CNc1cc(C(=O)NCC2CC2C)cc(Cl)n1. The number of nitrogens with one attached hydrogen (secondary N) is 2. The van der Waals surface area contributed by atoms with E-state index in [-0.39, 0.29) is 5.91 Å². The third-order valence-corrected chi connectivity index (χ3v) is 3.31. The lowest BCUT2D eigenvalue weighted by molar-refractivity contribution is 0.0951. The van der Waals surface area contributed by atoms with Gasteiger partial charge >= 0.3 is 0 Å². The molecule has 1 aromatic rings. The number of aromatic nitrogens is 1. The molecule has 0 aromatic carbocycles. The van der Waals surface area contributed by atoms with Gasteiger partial charge in [0.25, 0.3) is 5.91 Å². The molecule has 1 amide bonds. The fraction of sp³-hybridized carbons (Fsp3) is 0.500. The van der Waals surface area contributed by atoms with Crippen molar-refractivity contribution in [1.82, 2.24) is 10.3 Å². The number of nitrogens with zero attached hydrogens (tertiary/aromatic N) is 1. The van der Waals surface area contributed by atoms with E-state index < -0.39 is 0 Å². The molecule has 0 aliphatic heterocycles. The van der Waals surface area contributed by atoms with Crippen LogP contribution in [0.15, 0.2) is 12.1 Å². The van der Waals surface area contributed by atoms with E-state index in [4.69, 9.17) is 11.6 Å². The van der Waals surface area contributed by atoms with Gasteiger partial charge in [-0.2, -0.15) is 0 Å². The van der Waals surface area contributed by atoms with E-state index in [9.17, 15) is 4.79 Å². The molecule has 4 nitrogen and oxygen atoms in total. The molecule has 1 aliphatic rings. The molecule has 1 fully saturated rings. The number of amides is 1. The highest BCUT2D eigenvalue weighted by molar-refractivity contribution is 6.29. The number of pyridine rings is 1. The fourth-order valence-electron chi connectivity index (χ4n) is 1.77. The van der Waals surface area contributed by atoms with Gasteiger partial charge in [-0.3, -0.25) is 4.79 Å². The van der Waals surface area contributed by atoms with Crippen molar-refractivity contribution in [2.24, 2.45) is 11.8 Å². The lowest BCUT2D eigenvalue weighted by Gasteiger charge is -2.06. The third kappa shape index (κ3) is 3.09. The van der Waals surface area contributed by atoms with Crippen LogP contribution in [0, 0.1) is 11.8 Å². The Morgan fingerprint density at radius 1 is 1.59 bits per heavy atom. The Balaban J connectivity index is 2.00. The summed E-state index contributed by atoms with van der Waals surface area (Å²) in [5.41, 5.74) is 0.544. The van der Waals surface area contributed by atoms with Gasteiger partial charge in [0.1, 0.15) is 11.0 Å². The van der Waals surface area contributed by atoms with Crippen LogP contribution in [0.4, 0.5) is 5.82 Å². The average Bonchev–Trinajstić information content (AvgIpc) is 3.01. The second kappa shape index (κ2) is 4.92. The third-order valence-electron chi connectivity index (χ3n) is 3.11. The first-order valence-corrected chi connectivity index (χ1v) is 6.11. The first-order chi connectivity index (χ1) is 8.10. The molecular formula is C12H16ClN3O. The van der Waals surface area contributed by atoms with Gasteiger partial charge in [-0.05, 0) is 30.4 Å². The summed E-state index contributed by atoms with van der Waals surface area (Å²) in [4.78, 5) is 15.9. The highest BCUT2D eigenvalue weighted by Gasteiger charge is 2.32. The molecule has 1 aliphatic carbocycles. The Kier molecular flexibility index (Phi) is 3.52. The second-order valence-electron chi connectivity index (χ2n) is 4.50. The van der Waals surface area contributed by atoms with Gasteiger partial charge < -0.3 is 10.6 Å². The molecule has 0 radical (unpaired) electrons. The van der Waals surface area contributed by atoms with Crippen molar-refractivity contribution < 1.29 is 4.79 Å². The smallest absolute Gasteiger partial charge is 0.251 e. The van der Waals surface area contributed by atoms with Crippen molar-refractivity contribution in [2.75, 3.05) is 18.9 Å². The second-order valence-corrected chi connectivity index (χ2v) is 4.88. The van der Waals surface area contributed by atoms with Crippen molar-refractivity contribution in [3.8, 4) is 0 Å². The Bertz CT molecular complexity index is 436. The van der Waals surface area contributed by atoms with Gasteiger partial charge in [-0.25, -0.2) is 4.98 Å². The van der Waals surface area contributed by atoms with Crippen LogP contribution in [-0.4, -0.2) is 24.5 Å². The maximum Gasteiger partial charge on any atom is 0.251 e. The largest absolute Gasteiger partial charge is 0.373 e. The molecule has 5 heteroatoms. The minimum absolute atomic E-state index is 0.0927. The summed E-state index contributed by atoms with van der Waals surface area (Å²) < 4.78 is 0. The molecule has 1 saturated carbocycles. The van der Waals surface area contributed by atoms with Crippen molar-refractivity contribution in [3.63, 3.8) is 0 Å². The van der Waals surface area contributed by atoms with Crippen LogP contribution in [0.5, 0.6) is 0 Å².